The average molecular weight is 371 g/mol. The molecule has 2 rings (SSSR count). The molecule has 1 aliphatic rings. The fourth-order valence-electron chi connectivity index (χ4n) is 2.57. The summed E-state index contributed by atoms with van der Waals surface area (Å²) in [5, 5.41) is 25.0. The van der Waals surface area contributed by atoms with Crippen LogP contribution in [0.1, 0.15) is 19.3 Å². The zero-order chi connectivity index (χ0) is 18.4. The largest absolute Gasteiger partial charge is 0.379 e. The number of piperidine rings is 1. The summed E-state index contributed by atoms with van der Waals surface area (Å²) in [6.45, 7) is 1.87. The molecule has 0 radical (unpaired) electrons. The molecule has 0 aromatic heterocycles. The third-order valence-corrected chi connectivity index (χ3v) is 4.73. The standard InChI is InChI=1S/C14H21N5O5S/c15-25(23,24)11-3-4-12(13(8-11)19(21)22)17-7-5-14(20)18-10-2-1-6-16-9-10/h3-4,8,10,16-17H,1-2,5-7,9H2,(H,18,20)(H2,15,23,24)/t10-/m0/s1. The van der Waals surface area contributed by atoms with E-state index >= 15 is 0 Å². The van der Waals surface area contributed by atoms with Gasteiger partial charge in [0.1, 0.15) is 5.69 Å². The Balaban J connectivity index is 1.93. The fraction of sp³-hybridized carbons (Fsp3) is 0.500. The normalized spacial score (nSPS) is 17.7. The van der Waals surface area contributed by atoms with Crippen molar-refractivity contribution in [1.82, 2.24) is 10.6 Å². The number of benzene rings is 1. The average Bonchev–Trinajstić information content (AvgIpc) is 2.54. The molecule has 1 heterocycles. The summed E-state index contributed by atoms with van der Waals surface area (Å²) in [6, 6.07) is 3.44. The number of sulfonamides is 1. The Morgan fingerprint density at radius 2 is 2.20 bits per heavy atom. The first kappa shape index (κ1) is 19.1. The van der Waals surface area contributed by atoms with Crippen LogP contribution in [0.4, 0.5) is 11.4 Å². The molecule has 1 aromatic rings. The van der Waals surface area contributed by atoms with Crippen molar-refractivity contribution >= 4 is 27.3 Å². The second-order valence-corrected chi connectivity index (χ2v) is 7.33. The highest BCUT2D eigenvalue weighted by Gasteiger charge is 2.19. The number of hydrogen-bond donors (Lipinski definition) is 4. The molecule has 11 heteroatoms. The van der Waals surface area contributed by atoms with Gasteiger partial charge in [-0.2, -0.15) is 0 Å². The second-order valence-electron chi connectivity index (χ2n) is 5.77. The maximum Gasteiger partial charge on any atom is 0.293 e. The van der Waals surface area contributed by atoms with E-state index in [1.165, 1.54) is 12.1 Å². The Morgan fingerprint density at radius 1 is 1.44 bits per heavy atom. The van der Waals surface area contributed by atoms with E-state index in [-0.39, 0.29) is 35.5 Å². The van der Waals surface area contributed by atoms with E-state index in [9.17, 15) is 23.3 Å². The van der Waals surface area contributed by atoms with Crippen molar-refractivity contribution in [3.8, 4) is 0 Å². The third kappa shape index (κ3) is 5.66. The van der Waals surface area contributed by atoms with Gasteiger partial charge in [-0.25, -0.2) is 13.6 Å². The molecule has 1 aliphatic heterocycles. The van der Waals surface area contributed by atoms with Crippen LogP contribution >= 0.6 is 0 Å². The first-order valence-electron chi connectivity index (χ1n) is 7.82. The number of carbonyl (C=O) groups excluding carboxylic acids is 1. The lowest BCUT2D eigenvalue weighted by Gasteiger charge is -2.23. The number of carbonyl (C=O) groups is 1. The number of hydrogen-bond acceptors (Lipinski definition) is 7. The van der Waals surface area contributed by atoms with Crippen molar-refractivity contribution in [1.29, 1.82) is 0 Å². The molecule has 0 bridgehead atoms. The van der Waals surface area contributed by atoms with E-state index in [0.717, 1.165) is 32.0 Å². The van der Waals surface area contributed by atoms with Gasteiger partial charge in [0.2, 0.25) is 15.9 Å². The monoisotopic (exact) mass is 371 g/mol. The van der Waals surface area contributed by atoms with Gasteiger partial charge >= 0.3 is 0 Å². The molecule has 1 atom stereocenters. The zero-order valence-electron chi connectivity index (χ0n) is 13.5. The number of primary sulfonamides is 1. The lowest BCUT2D eigenvalue weighted by Crippen LogP contribution is -2.45. The van der Waals surface area contributed by atoms with Crippen molar-refractivity contribution in [3.05, 3.63) is 28.3 Å². The van der Waals surface area contributed by atoms with Crippen LogP contribution in [0, 0.1) is 10.1 Å². The van der Waals surface area contributed by atoms with Crippen molar-refractivity contribution in [3.63, 3.8) is 0 Å². The molecule has 5 N–H and O–H groups in total. The molecule has 0 unspecified atom stereocenters. The van der Waals surface area contributed by atoms with Gasteiger partial charge in [-0.15, -0.1) is 0 Å². The first-order valence-corrected chi connectivity index (χ1v) is 9.37. The molecule has 0 spiro atoms. The van der Waals surface area contributed by atoms with E-state index in [1.54, 1.807) is 0 Å². The van der Waals surface area contributed by atoms with Crippen LogP contribution in [0.15, 0.2) is 23.1 Å². The van der Waals surface area contributed by atoms with Gasteiger partial charge in [0.05, 0.1) is 9.82 Å². The highest BCUT2D eigenvalue weighted by molar-refractivity contribution is 7.89. The molecule has 1 saturated heterocycles. The summed E-state index contributed by atoms with van der Waals surface area (Å²) in [5.74, 6) is -0.148. The molecule has 0 saturated carbocycles. The van der Waals surface area contributed by atoms with Crippen molar-refractivity contribution in [2.24, 2.45) is 5.14 Å². The molecule has 138 valence electrons. The first-order chi connectivity index (χ1) is 11.8. The molecule has 0 aliphatic carbocycles. The molecule has 1 fully saturated rings. The minimum Gasteiger partial charge on any atom is -0.379 e. The fourth-order valence-corrected chi connectivity index (χ4v) is 3.11. The Bertz CT molecular complexity index is 746. The van der Waals surface area contributed by atoms with Crippen molar-refractivity contribution in [2.75, 3.05) is 25.0 Å². The van der Waals surface area contributed by atoms with Gasteiger partial charge in [-0.3, -0.25) is 14.9 Å². The summed E-state index contributed by atoms with van der Waals surface area (Å²) in [6.07, 6.45) is 2.07. The highest BCUT2D eigenvalue weighted by atomic mass is 32.2. The smallest absolute Gasteiger partial charge is 0.293 e. The number of amides is 1. The number of nitro groups is 1. The van der Waals surface area contributed by atoms with E-state index < -0.39 is 20.6 Å². The van der Waals surface area contributed by atoms with Crippen LogP contribution in [0.25, 0.3) is 0 Å². The molecule has 10 nitrogen and oxygen atoms in total. The Hall–Kier alpha value is -2.24. The van der Waals surface area contributed by atoms with Crippen LogP contribution in [-0.4, -0.2) is 44.9 Å². The Morgan fingerprint density at radius 3 is 2.80 bits per heavy atom. The quantitative estimate of drug-likeness (QED) is 0.385. The van der Waals surface area contributed by atoms with Gasteiger partial charge in [0, 0.05) is 31.6 Å². The number of anilines is 1. The summed E-state index contributed by atoms with van der Waals surface area (Å²) in [4.78, 5) is 22.0. The Labute approximate surface area is 145 Å². The van der Waals surface area contributed by atoms with Crippen LogP contribution in [0.2, 0.25) is 0 Å². The summed E-state index contributed by atoms with van der Waals surface area (Å²) in [5.41, 5.74) is -0.284. The molecule has 1 amide bonds. The van der Waals surface area contributed by atoms with E-state index in [1.807, 2.05) is 0 Å². The van der Waals surface area contributed by atoms with Gasteiger partial charge in [-0.05, 0) is 31.5 Å². The molecular formula is C14H21N5O5S. The summed E-state index contributed by atoms with van der Waals surface area (Å²) in [7, 11) is -4.03. The van der Waals surface area contributed by atoms with Crippen molar-refractivity contribution < 1.29 is 18.1 Å². The van der Waals surface area contributed by atoms with Gasteiger partial charge in [0.25, 0.3) is 5.69 Å². The third-order valence-electron chi connectivity index (χ3n) is 3.82. The van der Waals surface area contributed by atoms with Crippen LogP contribution in [0.3, 0.4) is 0 Å². The summed E-state index contributed by atoms with van der Waals surface area (Å²) < 4.78 is 22.6. The number of nitrogens with zero attached hydrogens (tertiary/aromatic N) is 1. The summed E-state index contributed by atoms with van der Waals surface area (Å²) >= 11 is 0. The SMILES string of the molecule is NS(=O)(=O)c1ccc(NCCC(=O)N[C@H]2CCCNC2)c([N+](=O)[O-])c1. The lowest BCUT2D eigenvalue weighted by molar-refractivity contribution is -0.384. The van der Waals surface area contributed by atoms with Gasteiger partial charge in [-0.1, -0.05) is 0 Å². The lowest BCUT2D eigenvalue weighted by atomic mass is 10.1. The van der Waals surface area contributed by atoms with Gasteiger partial charge in [0.15, 0.2) is 0 Å². The number of nitrogens with two attached hydrogens (primary N) is 1. The van der Waals surface area contributed by atoms with Crippen LogP contribution in [-0.2, 0) is 14.8 Å². The Kier molecular flexibility index (Phi) is 6.28. The molecule has 1 aromatic carbocycles. The van der Waals surface area contributed by atoms with Crippen LogP contribution < -0.4 is 21.1 Å². The number of nitro benzene ring substituents is 1. The minimum atomic E-state index is -4.03. The zero-order valence-corrected chi connectivity index (χ0v) is 14.3. The van der Waals surface area contributed by atoms with E-state index in [4.69, 9.17) is 5.14 Å². The number of rotatable bonds is 7. The topological polar surface area (TPSA) is 156 Å². The van der Waals surface area contributed by atoms with Gasteiger partial charge < -0.3 is 16.0 Å². The minimum absolute atomic E-state index is 0.102. The maximum atomic E-state index is 11.9. The number of nitrogens with one attached hydrogen (secondary N) is 3. The maximum absolute atomic E-state index is 11.9. The predicted octanol–water partition coefficient (Wildman–Crippen LogP) is -0.0876. The molecular weight excluding hydrogens is 350 g/mol. The predicted molar refractivity (Wildman–Crippen MR) is 91.6 cm³/mol. The van der Waals surface area contributed by atoms with Crippen LogP contribution in [0.5, 0.6) is 0 Å². The van der Waals surface area contributed by atoms with E-state index in [2.05, 4.69) is 16.0 Å². The molecule has 25 heavy (non-hydrogen) atoms. The van der Waals surface area contributed by atoms with Crippen molar-refractivity contribution in [2.45, 2.75) is 30.2 Å². The second kappa shape index (κ2) is 8.23. The highest BCUT2D eigenvalue weighted by Crippen LogP contribution is 2.27. The van der Waals surface area contributed by atoms with E-state index in [0.29, 0.717) is 0 Å².